The van der Waals surface area contributed by atoms with Crippen molar-refractivity contribution in [2.24, 2.45) is 0 Å². The predicted molar refractivity (Wildman–Crippen MR) is 43.0 cm³/mol. The Labute approximate surface area is 112 Å². The minimum Gasteiger partial charge on any atom is -1.00 e. The van der Waals surface area contributed by atoms with Crippen LogP contribution in [0.4, 0.5) is 0 Å². The Bertz CT molecular complexity index is 179. The van der Waals surface area contributed by atoms with Crippen LogP contribution in [0, 0.1) is 0 Å². The van der Waals surface area contributed by atoms with Crippen LogP contribution in [0.3, 0.4) is 0 Å². The summed E-state index contributed by atoms with van der Waals surface area (Å²) in [5.74, 6) is 0. The molecule has 0 saturated carbocycles. The van der Waals surface area contributed by atoms with Gasteiger partial charge in [0.2, 0.25) is 0 Å². The molecule has 11 heavy (non-hydrogen) atoms. The molecule has 0 aliphatic carbocycles. The summed E-state index contributed by atoms with van der Waals surface area (Å²) in [6.45, 7) is 0.287. The van der Waals surface area contributed by atoms with Gasteiger partial charge in [-0.25, -0.2) is 0 Å². The Morgan fingerprint density at radius 2 is 1.82 bits per heavy atom. The van der Waals surface area contributed by atoms with Gasteiger partial charge in [0, 0.05) is 6.61 Å². The number of aliphatic hydroxyl groups excluding tert-OH is 1. The van der Waals surface area contributed by atoms with Gasteiger partial charge in [-0.15, -0.1) is 0 Å². The van der Waals surface area contributed by atoms with Crippen molar-refractivity contribution in [2.75, 3.05) is 6.61 Å². The molecule has 0 amide bonds. The van der Waals surface area contributed by atoms with E-state index in [0.29, 0.717) is 0 Å². The summed E-state index contributed by atoms with van der Waals surface area (Å²) >= 11 is 0. The summed E-state index contributed by atoms with van der Waals surface area (Å²) in [4.78, 5) is 0. The number of benzene rings is 1. The van der Waals surface area contributed by atoms with Gasteiger partial charge in [0.05, 0.1) is 0 Å². The molecule has 1 aromatic rings. The van der Waals surface area contributed by atoms with E-state index in [1.807, 2.05) is 18.2 Å². The smallest absolute Gasteiger partial charge is 1.00 e. The van der Waals surface area contributed by atoms with Crippen LogP contribution in [0.25, 0.3) is 0 Å². The Morgan fingerprint density at radius 3 is 2.36 bits per heavy atom. The van der Waals surface area contributed by atoms with E-state index < -0.39 is 0 Å². The molecule has 1 N–H and O–H groups in total. The zero-order valence-corrected chi connectivity index (χ0v) is 10.1. The van der Waals surface area contributed by atoms with Crippen molar-refractivity contribution in [3.05, 3.63) is 35.9 Å². The quantitative estimate of drug-likeness (QED) is 0.569. The molecule has 0 aromatic heterocycles. The summed E-state index contributed by atoms with van der Waals surface area (Å²) < 4.78 is 0. The molecular weight excluding hydrogens is 163 g/mol. The number of aryl methyl sites for hydroxylation is 1. The summed E-state index contributed by atoms with van der Waals surface area (Å²) in [5, 5.41) is 8.53. The maximum Gasteiger partial charge on any atom is 1.00 e. The molecule has 0 fully saturated rings. The molecule has 0 atom stereocenters. The van der Waals surface area contributed by atoms with Gasteiger partial charge in [-0.1, -0.05) is 30.3 Å². The van der Waals surface area contributed by atoms with Crippen LogP contribution in [-0.4, -0.2) is 11.7 Å². The van der Waals surface area contributed by atoms with Crippen LogP contribution in [0.2, 0.25) is 0 Å². The molecule has 2 heteroatoms. The van der Waals surface area contributed by atoms with E-state index in [1.54, 1.807) is 0 Å². The minimum atomic E-state index is 0. The van der Waals surface area contributed by atoms with Crippen molar-refractivity contribution in [2.45, 2.75) is 12.8 Å². The first kappa shape index (κ1) is 11.8. The van der Waals surface area contributed by atoms with E-state index in [1.165, 1.54) is 5.56 Å². The van der Waals surface area contributed by atoms with Gasteiger partial charge in [0.25, 0.3) is 0 Å². The Balaban J connectivity index is 0. The van der Waals surface area contributed by atoms with Gasteiger partial charge in [0.15, 0.2) is 0 Å². The van der Waals surface area contributed by atoms with E-state index in [9.17, 15) is 0 Å². The Morgan fingerprint density at radius 1 is 1.18 bits per heavy atom. The van der Waals surface area contributed by atoms with Crippen molar-refractivity contribution in [1.29, 1.82) is 0 Å². The topological polar surface area (TPSA) is 20.2 Å². The van der Waals surface area contributed by atoms with E-state index in [-0.39, 0.29) is 59.4 Å². The van der Waals surface area contributed by atoms with Crippen molar-refractivity contribution >= 4 is 0 Å². The molecule has 56 valence electrons. The molecule has 0 aliphatic rings. The van der Waals surface area contributed by atoms with Gasteiger partial charge < -0.3 is 6.53 Å². The van der Waals surface area contributed by atoms with Crippen LogP contribution >= 0.6 is 0 Å². The second kappa shape index (κ2) is 7.46. The van der Waals surface area contributed by atoms with E-state index in [2.05, 4.69) is 12.1 Å². The van der Waals surface area contributed by atoms with Gasteiger partial charge in [0.1, 0.15) is 0 Å². The molecule has 0 unspecified atom stereocenters. The monoisotopic (exact) mass is 176 g/mol. The third-order valence-electron chi connectivity index (χ3n) is 1.47. The van der Waals surface area contributed by atoms with Crippen LogP contribution in [0.5, 0.6) is 0 Å². The summed E-state index contributed by atoms with van der Waals surface area (Å²) in [6, 6.07) is 10.2. The molecule has 0 saturated heterocycles. The summed E-state index contributed by atoms with van der Waals surface area (Å²) in [6.07, 6.45) is 1.85. The zero-order chi connectivity index (χ0) is 7.23. The molecule has 0 bridgehead atoms. The first-order valence-corrected chi connectivity index (χ1v) is 3.58. The Kier molecular flexibility index (Phi) is 8.02. The average Bonchev–Trinajstić information content (AvgIpc) is 2.03. The normalized spacial score (nSPS) is 8.82. The molecule has 0 aliphatic heterocycles. The maximum atomic E-state index is 8.53. The standard InChI is InChI=1S/C9H12O.K.H/c10-8-4-7-9-5-2-1-3-6-9;;/h1-3,5-6,10H,4,7-8H2;;/q;+1;-1. The second-order valence-corrected chi connectivity index (χ2v) is 2.31. The van der Waals surface area contributed by atoms with Crippen molar-refractivity contribution in [3.63, 3.8) is 0 Å². The van der Waals surface area contributed by atoms with Crippen molar-refractivity contribution in [1.82, 2.24) is 0 Å². The zero-order valence-electron chi connectivity index (χ0n) is 7.96. The fraction of sp³-hybridized carbons (Fsp3) is 0.333. The number of rotatable bonds is 3. The number of hydrogen-bond donors (Lipinski definition) is 1. The van der Waals surface area contributed by atoms with E-state index in [4.69, 9.17) is 5.11 Å². The van der Waals surface area contributed by atoms with E-state index >= 15 is 0 Å². The van der Waals surface area contributed by atoms with Gasteiger partial charge >= 0.3 is 51.4 Å². The average molecular weight is 176 g/mol. The van der Waals surface area contributed by atoms with Crippen LogP contribution in [-0.2, 0) is 6.42 Å². The molecular formula is C9H13KO. The van der Waals surface area contributed by atoms with Crippen molar-refractivity contribution in [3.8, 4) is 0 Å². The molecule has 0 spiro atoms. The van der Waals surface area contributed by atoms with Crippen molar-refractivity contribution < 1.29 is 57.9 Å². The fourth-order valence-corrected chi connectivity index (χ4v) is 0.928. The van der Waals surface area contributed by atoms with Gasteiger partial charge in [-0.3, -0.25) is 0 Å². The van der Waals surface area contributed by atoms with E-state index in [0.717, 1.165) is 12.8 Å². The third-order valence-corrected chi connectivity index (χ3v) is 1.47. The van der Waals surface area contributed by atoms with Gasteiger partial charge in [-0.05, 0) is 18.4 Å². The molecule has 0 heterocycles. The molecule has 1 rings (SSSR count). The summed E-state index contributed by atoms with van der Waals surface area (Å²) in [5.41, 5.74) is 1.30. The number of aliphatic hydroxyl groups is 1. The predicted octanol–water partition coefficient (Wildman–Crippen LogP) is -1.27. The van der Waals surface area contributed by atoms with Crippen LogP contribution in [0.15, 0.2) is 30.3 Å². The third kappa shape index (κ3) is 5.12. The first-order valence-electron chi connectivity index (χ1n) is 3.58. The summed E-state index contributed by atoms with van der Waals surface area (Å²) in [7, 11) is 0. The van der Waals surface area contributed by atoms with Crippen LogP contribution < -0.4 is 51.4 Å². The number of hydrogen-bond acceptors (Lipinski definition) is 1. The maximum absolute atomic E-state index is 8.53. The molecule has 1 nitrogen and oxygen atoms in total. The first-order chi connectivity index (χ1) is 4.93. The SMILES string of the molecule is OCCCc1ccccc1.[H-].[K+]. The van der Waals surface area contributed by atoms with Crippen LogP contribution in [0.1, 0.15) is 13.4 Å². The molecule has 0 radical (unpaired) electrons. The second-order valence-electron chi connectivity index (χ2n) is 2.31. The largest absolute Gasteiger partial charge is 1.00 e. The molecule has 1 aromatic carbocycles. The minimum absolute atomic E-state index is 0. The fourth-order valence-electron chi connectivity index (χ4n) is 0.928. The van der Waals surface area contributed by atoms with Gasteiger partial charge in [-0.2, -0.15) is 0 Å². The Hall–Kier alpha value is 0.816.